The number of allylic oxidation sites excluding steroid dienone is 2. The highest BCUT2D eigenvalue weighted by atomic mass is 16.3. The van der Waals surface area contributed by atoms with E-state index < -0.39 is 0 Å². The van der Waals surface area contributed by atoms with Gasteiger partial charge in [-0.2, -0.15) is 0 Å². The van der Waals surface area contributed by atoms with Gasteiger partial charge in [0.05, 0.1) is 0 Å². The van der Waals surface area contributed by atoms with E-state index in [9.17, 15) is 9.90 Å². The molecule has 0 spiro atoms. The molecule has 0 saturated heterocycles. The van der Waals surface area contributed by atoms with Crippen LogP contribution in [0, 0.1) is 6.92 Å². The average molecular weight is 294 g/mol. The van der Waals surface area contributed by atoms with E-state index in [0.717, 1.165) is 24.2 Å². The molecular weight excluding hydrogens is 276 g/mol. The number of aryl methyl sites for hydroxylation is 1. The van der Waals surface area contributed by atoms with E-state index in [-0.39, 0.29) is 11.5 Å². The Morgan fingerprint density at radius 3 is 2.59 bits per heavy atom. The van der Waals surface area contributed by atoms with Gasteiger partial charge in [0.25, 0.3) is 0 Å². The molecule has 0 aliphatic heterocycles. The number of benzene rings is 1. The third kappa shape index (κ3) is 2.89. The molecule has 3 heteroatoms. The highest BCUT2D eigenvalue weighted by Crippen LogP contribution is 2.31. The number of aliphatic hydroxyl groups excluding tert-OH is 1. The molecule has 0 fully saturated rings. The van der Waals surface area contributed by atoms with E-state index in [2.05, 4.69) is 0 Å². The second kappa shape index (κ2) is 6.06. The monoisotopic (exact) mass is 294 g/mol. The molecule has 112 valence electrons. The summed E-state index contributed by atoms with van der Waals surface area (Å²) in [7, 11) is 0. The van der Waals surface area contributed by atoms with Crippen molar-refractivity contribution in [1.82, 2.24) is 0 Å². The molecular formula is C19H18O3. The van der Waals surface area contributed by atoms with Crippen LogP contribution in [-0.4, -0.2) is 10.9 Å². The number of aliphatic hydroxyl groups is 1. The van der Waals surface area contributed by atoms with Gasteiger partial charge in [-0.1, -0.05) is 30.3 Å². The lowest BCUT2D eigenvalue weighted by Crippen LogP contribution is -2.12. The van der Waals surface area contributed by atoms with Crippen molar-refractivity contribution in [2.75, 3.05) is 0 Å². The first kappa shape index (κ1) is 14.4. The lowest BCUT2D eigenvalue weighted by Gasteiger charge is -2.18. The van der Waals surface area contributed by atoms with E-state index in [4.69, 9.17) is 4.42 Å². The Bertz CT molecular complexity index is 748. The smallest absolute Gasteiger partial charge is 0.192 e. The van der Waals surface area contributed by atoms with Gasteiger partial charge in [0.15, 0.2) is 5.78 Å². The average Bonchev–Trinajstić information content (AvgIpc) is 2.95. The minimum absolute atomic E-state index is 0.0978. The van der Waals surface area contributed by atoms with Gasteiger partial charge in [0.2, 0.25) is 0 Å². The van der Waals surface area contributed by atoms with Crippen molar-refractivity contribution in [2.24, 2.45) is 0 Å². The van der Waals surface area contributed by atoms with Crippen LogP contribution >= 0.6 is 0 Å². The maximum atomic E-state index is 12.5. The minimum atomic E-state index is -0.0978. The zero-order chi connectivity index (χ0) is 15.5. The molecule has 22 heavy (non-hydrogen) atoms. The highest BCUT2D eigenvalue weighted by molar-refractivity contribution is 6.09. The highest BCUT2D eigenvalue weighted by Gasteiger charge is 2.23. The topological polar surface area (TPSA) is 50.4 Å². The number of Topliss-reactive ketones (excluding diaryl/α,β-unsaturated/α-hetero) is 1. The van der Waals surface area contributed by atoms with E-state index in [1.54, 1.807) is 12.1 Å². The Balaban J connectivity index is 1.95. The zero-order valence-electron chi connectivity index (χ0n) is 12.5. The van der Waals surface area contributed by atoms with Crippen LogP contribution in [-0.2, 0) is 0 Å². The molecule has 0 bridgehead atoms. The molecule has 1 aliphatic carbocycles. The molecule has 0 unspecified atom stereocenters. The van der Waals surface area contributed by atoms with Crippen LogP contribution in [0.3, 0.4) is 0 Å². The fraction of sp³-hybridized carbons (Fsp3) is 0.211. The van der Waals surface area contributed by atoms with Crippen LogP contribution in [0.25, 0.3) is 6.08 Å². The van der Waals surface area contributed by atoms with E-state index in [1.807, 2.05) is 43.3 Å². The second-order valence-electron chi connectivity index (χ2n) is 5.49. The number of hydrogen-bond donors (Lipinski definition) is 1. The minimum Gasteiger partial charge on any atom is -0.507 e. The Hall–Kier alpha value is -2.55. The molecule has 0 saturated carbocycles. The quantitative estimate of drug-likeness (QED) is 0.823. The first-order valence-corrected chi connectivity index (χ1v) is 7.44. The summed E-state index contributed by atoms with van der Waals surface area (Å²) in [6.07, 6.45) is 4.02. The molecule has 0 amide bonds. The van der Waals surface area contributed by atoms with E-state index in [0.29, 0.717) is 23.3 Å². The summed E-state index contributed by atoms with van der Waals surface area (Å²) < 4.78 is 5.52. The third-order valence-electron chi connectivity index (χ3n) is 3.85. The standard InChI is InChI=1S/C19H18O3/c1-13-10-11-16(22-13)12-15-8-5-9-17(19(15)21)18(20)14-6-3-2-4-7-14/h2-4,6-7,10-12,21H,5,8-9H2,1H3/b15-12+. The van der Waals surface area contributed by atoms with E-state index >= 15 is 0 Å². The summed E-state index contributed by atoms with van der Waals surface area (Å²) in [5.41, 5.74) is 1.87. The van der Waals surface area contributed by atoms with Crippen molar-refractivity contribution in [3.05, 3.63) is 76.5 Å². The maximum Gasteiger partial charge on any atom is 0.192 e. The number of ketones is 1. The molecule has 0 atom stereocenters. The molecule has 1 N–H and O–H groups in total. The van der Waals surface area contributed by atoms with Crippen molar-refractivity contribution in [3.63, 3.8) is 0 Å². The maximum absolute atomic E-state index is 12.5. The molecule has 1 aliphatic rings. The number of carbonyl (C=O) groups excluding carboxylic acids is 1. The summed E-state index contributed by atoms with van der Waals surface area (Å²) in [5.74, 6) is 1.53. The summed E-state index contributed by atoms with van der Waals surface area (Å²) in [6.45, 7) is 1.88. The zero-order valence-corrected chi connectivity index (χ0v) is 12.5. The third-order valence-corrected chi connectivity index (χ3v) is 3.85. The lowest BCUT2D eigenvalue weighted by molar-refractivity contribution is 0.102. The Labute approximate surface area is 129 Å². The first-order chi connectivity index (χ1) is 10.6. The molecule has 3 rings (SSSR count). The molecule has 1 aromatic heterocycles. The van der Waals surface area contributed by atoms with Crippen LogP contribution in [0.2, 0.25) is 0 Å². The van der Waals surface area contributed by atoms with Gasteiger partial charge in [0, 0.05) is 11.1 Å². The van der Waals surface area contributed by atoms with Gasteiger partial charge in [-0.25, -0.2) is 0 Å². The predicted octanol–water partition coefficient (Wildman–Crippen LogP) is 4.85. The summed E-state index contributed by atoms with van der Waals surface area (Å²) in [5, 5.41) is 10.5. The van der Waals surface area contributed by atoms with Crippen molar-refractivity contribution in [2.45, 2.75) is 26.2 Å². The Morgan fingerprint density at radius 1 is 1.14 bits per heavy atom. The lowest BCUT2D eigenvalue weighted by atomic mass is 9.88. The fourth-order valence-electron chi connectivity index (χ4n) is 2.71. The van der Waals surface area contributed by atoms with Crippen LogP contribution in [0.15, 0.2) is 63.8 Å². The van der Waals surface area contributed by atoms with Crippen LogP contribution in [0.4, 0.5) is 0 Å². The summed E-state index contributed by atoms with van der Waals surface area (Å²) in [6, 6.07) is 12.8. The van der Waals surface area contributed by atoms with Gasteiger partial charge < -0.3 is 9.52 Å². The van der Waals surface area contributed by atoms with Crippen molar-refractivity contribution >= 4 is 11.9 Å². The van der Waals surface area contributed by atoms with E-state index in [1.165, 1.54) is 0 Å². The van der Waals surface area contributed by atoms with Gasteiger partial charge >= 0.3 is 0 Å². The fourth-order valence-corrected chi connectivity index (χ4v) is 2.71. The SMILES string of the molecule is Cc1ccc(/C=C2\CCCC(C(=O)c3ccccc3)=C2O)o1. The number of carbonyl (C=O) groups is 1. The van der Waals surface area contributed by atoms with Crippen molar-refractivity contribution < 1.29 is 14.3 Å². The normalized spacial score (nSPS) is 17.0. The van der Waals surface area contributed by atoms with Gasteiger partial charge in [-0.3, -0.25) is 4.79 Å². The van der Waals surface area contributed by atoms with Crippen LogP contribution < -0.4 is 0 Å². The summed E-state index contributed by atoms with van der Waals surface area (Å²) in [4.78, 5) is 12.5. The van der Waals surface area contributed by atoms with Crippen LogP contribution in [0.5, 0.6) is 0 Å². The molecule has 0 radical (unpaired) electrons. The van der Waals surface area contributed by atoms with Crippen molar-refractivity contribution in [3.8, 4) is 0 Å². The van der Waals surface area contributed by atoms with Crippen LogP contribution in [0.1, 0.15) is 41.1 Å². The number of hydrogen-bond acceptors (Lipinski definition) is 3. The Kier molecular flexibility index (Phi) is 3.96. The molecule has 1 heterocycles. The van der Waals surface area contributed by atoms with Gasteiger partial charge in [-0.15, -0.1) is 0 Å². The molecule has 2 aromatic rings. The summed E-state index contributed by atoms with van der Waals surface area (Å²) >= 11 is 0. The first-order valence-electron chi connectivity index (χ1n) is 7.44. The van der Waals surface area contributed by atoms with Crippen molar-refractivity contribution in [1.29, 1.82) is 0 Å². The molecule has 3 nitrogen and oxygen atoms in total. The Morgan fingerprint density at radius 2 is 1.91 bits per heavy atom. The molecule has 1 aromatic carbocycles. The van der Waals surface area contributed by atoms with Gasteiger partial charge in [-0.05, 0) is 50.0 Å². The number of furan rings is 1. The second-order valence-corrected chi connectivity index (χ2v) is 5.49. The predicted molar refractivity (Wildman–Crippen MR) is 85.7 cm³/mol. The number of rotatable bonds is 3. The van der Waals surface area contributed by atoms with Gasteiger partial charge in [0.1, 0.15) is 17.3 Å². The largest absolute Gasteiger partial charge is 0.507 e.